The number of carbonyl (C=O) groups excluding carboxylic acids is 1. The van der Waals surface area contributed by atoms with Crippen LogP contribution in [0.5, 0.6) is 0 Å². The van der Waals surface area contributed by atoms with Crippen LogP contribution < -0.4 is 5.32 Å². The molecule has 1 amide bonds. The molecular formula is C13H6BrF4NO. The van der Waals surface area contributed by atoms with E-state index in [9.17, 15) is 22.4 Å². The van der Waals surface area contributed by atoms with Crippen molar-refractivity contribution in [2.75, 3.05) is 5.32 Å². The smallest absolute Gasteiger partial charge is 0.256 e. The molecule has 0 aliphatic carbocycles. The number of rotatable bonds is 2. The van der Waals surface area contributed by atoms with Crippen molar-refractivity contribution in [3.63, 3.8) is 0 Å². The van der Waals surface area contributed by atoms with Gasteiger partial charge in [-0.1, -0.05) is 6.07 Å². The first-order valence-corrected chi connectivity index (χ1v) is 6.09. The Hall–Kier alpha value is -1.89. The van der Waals surface area contributed by atoms with Gasteiger partial charge < -0.3 is 5.32 Å². The number of benzene rings is 2. The van der Waals surface area contributed by atoms with Crippen LogP contribution in [0.1, 0.15) is 10.4 Å². The third-order valence-electron chi connectivity index (χ3n) is 2.44. The van der Waals surface area contributed by atoms with Crippen molar-refractivity contribution in [3.8, 4) is 0 Å². The summed E-state index contributed by atoms with van der Waals surface area (Å²) in [4.78, 5) is 11.8. The number of halogens is 5. The molecule has 2 aromatic rings. The molecule has 0 radical (unpaired) electrons. The van der Waals surface area contributed by atoms with E-state index in [1.165, 1.54) is 12.1 Å². The van der Waals surface area contributed by atoms with Crippen molar-refractivity contribution in [3.05, 3.63) is 63.6 Å². The maximum Gasteiger partial charge on any atom is 0.256 e. The molecule has 2 rings (SSSR count). The van der Waals surface area contributed by atoms with Crippen LogP contribution in [-0.4, -0.2) is 5.91 Å². The predicted molar refractivity (Wildman–Crippen MR) is 68.4 cm³/mol. The van der Waals surface area contributed by atoms with Crippen LogP contribution in [0.4, 0.5) is 23.2 Å². The molecule has 0 fully saturated rings. The summed E-state index contributed by atoms with van der Waals surface area (Å²) in [6, 6.07) is 4.64. The second kappa shape index (κ2) is 5.62. The Morgan fingerprint density at radius 3 is 2.45 bits per heavy atom. The summed E-state index contributed by atoms with van der Waals surface area (Å²) in [5.41, 5.74) is -0.794. The van der Waals surface area contributed by atoms with Crippen molar-refractivity contribution < 1.29 is 22.4 Å². The topological polar surface area (TPSA) is 29.1 Å². The molecule has 0 aliphatic rings. The molecule has 0 bridgehead atoms. The van der Waals surface area contributed by atoms with Gasteiger partial charge in [0.25, 0.3) is 5.91 Å². The zero-order valence-electron chi connectivity index (χ0n) is 9.68. The summed E-state index contributed by atoms with van der Waals surface area (Å²) in [7, 11) is 0. The van der Waals surface area contributed by atoms with E-state index in [4.69, 9.17) is 0 Å². The van der Waals surface area contributed by atoms with Crippen molar-refractivity contribution in [2.45, 2.75) is 0 Å². The fourth-order valence-electron chi connectivity index (χ4n) is 1.52. The summed E-state index contributed by atoms with van der Waals surface area (Å²) >= 11 is 2.86. The van der Waals surface area contributed by atoms with Gasteiger partial charge in [-0.05, 0) is 28.1 Å². The Morgan fingerprint density at radius 1 is 1.05 bits per heavy atom. The molecule has 1 N–H and O–H groups in total. The minimum absolute atomic E-state index is 0.130. The lowest BCUT2D eigenvalue weighted by Gasteiger charge is -2.09. The Morgan fingerprint density at radius 2 is 1.75 bits per heavy atom. The van der Waals surface area contributed by atoms with E-state index in [0.29, 0.717) is 12.1 Å². The van der Waals surface area contributed by atoms with Crippen molar-refractivity contribution in [2.24, 2.45) is 0 Å². The summed E-state index contributed by atoms with van der Waals surface area (Å²) in [6.45, 7) is 0. The number of amides is 1. The SMILES string of the molecule is O=C(Nc1cc(F)cc(F)c1F)c1cccc(F)c1Br. The van der Waals surface area contributed by atoms with Gasteiger partial charge in [0, 0.05) is 12.1 Å². The Labute approximate surface area is 119 Å². The molecular weight excluding hydrogens is 342 g/mol. The largest absolute Gasteiger partial charge is 0.319 e. The standard InChI is InChI=1S/C13H6BrF4NO/c14-11-7(2-1-3-8(11)16)13(20)19-10-5-6(15)4-9(17)12(10)18/h1-5H,(H,19,20). The van der Waals surface area contributed by atoms with Crippen molar-refractivity contribution >= 4 is 27.5 Å². The van der Waals surface area contributed by atoms with Crippen LogP contribution in [0, 0.1) is 23.3 Å². The quantitative estimate of drug-likeness (QED) is 0.638. The molecule has 0 heterocycles. The number of carbonyl (C=O) groups is 1. The minimum Gasteiger partial charge on any atom is -0.319 e. The van der Waals surface area contributed by atoms with Crippen LogP contribution in [-0.2, 0) is 0 Å². The Balaban J connectivity index is 2.35. The highest BCUT2D eigenvalue weighted by molar-refractivity contribution is 9.10. The minimum atomic E-state index is -1.43. The molecule has 0 aromatic heterocycles. The summed E-state index contributed by atoms with van der Waals surface area (Å²) in [6.07, 6.45) is 0. The molecule has 0 spiro atoms. The average molecular weight is 348 g/mol. The lowest BCUT2D eigenvalue weighted by atomic mass is 10.2. The van der Waals surface area contributed by atoms with E-state index in [1.807, 2.05) is 5.32 Å². The maximum absolute atomic E-state index is 13.4. The van der Waals surface area contributed by atoms with E-state index in [1.54, 1.807) is 0 Å². The normalized spacial score (nSPS) is 10.4. The van der Waals surface area contributed by atoms with E-state index in [0.717, 1.165) is 6.07 Å². The van der Waals surface area contributed by atoms with Gasteiger partial charge >= 0.3 is 0 Å². The molecule has 0 unspecified atom stereocenters. The molecule has 2 aromatic carbocycles. The van der Waals surface area contributed by atoms with Gasteiger partial charge in [-0.25, -0.2) is 17.6 Å². The predicted octanol–water partition coefficient (Wildman–Crippen LogP) is 4.26. The van der Waals surface area contributed by atoms with Gasteiger partial charge in [-0.2, -0.15) is 0 Å². The third-order valence-corrected chi connectivity index (χ3v) is 3.24. The average Bonchev–Trinajstić information content (AvgIpc) is 2.38. The van der Waals surface area contributed by atoms with E-state index < -0.39 is 34.9 Å². The van der Waals surface area contributed by atoms with Crippen molar-refractivity contribution in [1.82, 2.24) is 0 Å². The van der Waals surface area contributed by atoms with E-state index in [2.05, 4.69) is 15.9 Å². The fraction of sp³-hybridized carbons (Fsp3) is 0. The zero-order valence-corrected chi connectivity index (χ0v) is 11.3. The second-order valence-electron chi connectivity index (χ2n) is 3.80. The molecule has 0 aliphatic heterocycles. The summed E-state index contributed by atoms with van der Waals surface area (Å²) in [5, 5.41) is 1.99. The van der Waals surface area contributed by atoms with Gasteiger partial charge in [-0.15, -0.1) is 0 Å². The van der Waals surface area contributed by atoms with Gasteiger partial charge in [0.1, 0.15) is 11.6 Å². The first-order chi connectivity index (χ1) is 9.40. The maximum atomic E-state index is 13.4. The third kappa shape index (κ3) is 2.82. The highest BCUT2D eigenvalue weighted by atomic mass is 79.9. The van der Waals surface area contributed by atoms with Crippen LogP contribution >= 0.6 is 15.9 Å². The molecule has 0 atom stereocenters. The van der Waals surface area contributed by atoms with Gasteiger partial charge in [0.05, 0.1) is 15.7 Å². The Kier molecular flexibility index (Phi) is 4.08. The van der Waals surface area contributed by atoms with Gasteiger partial charge in [-0.3, -0.25) is 4.79 Å². The van der Waals surface area contributed by atoms with E-state index >= 15 is 0 Å². The molecule has 104 valence electrons. The number of anilines is 1. The Bertz CT molecular complexity index is 690. The highest BCUT2D eigenvalue weighted by Gasteiger charge is 2.17. The van der Waals surface area contributed by atoms with Crippen LogP contribution in [0.25, 0.3) is 0 Å². The lowest BCUT2D eigenvalue weighted by Crippen LogP contribution is -2.15. The number of hydrogen-bond acceptors (Lipinski definition) is 1. The van der Waals surface area contributed by atoms with Crippen LogP contribution in [0.15, 0.2) is 34.8 Å². The van der Waals surface area contributed by atoms with Crippen molar-refractivity contribution in [1.29, 1.82) is 0 Å². The lowest BCUT2D eigenvalue weighted by molar-refractivity contribution is 0.102. The van der Waals surface area contributed by atoms with Gasteiger partial charge in [0.15, 0.2) is 11.6 Å². The first kappa shape index (κ1) is 14.5. The highest BCUT2D eigenvalue weighted by Crippen LogP contribution is 2.23. The molecule has 2 nitrogen and oxygen atoms in total. The fourth-order valence-corrected chi connectivity index (χ4v) is 1.96. The molecule has 20 heavy (non-hydrogen) atoms. The second-order valence-corrected chi connectivity index (χ2v) is 4.60. The summed E-state index contributed by atoms with van der Waals surface area (Å²) < 4.78 is 52.5. The monoisotopic (exact) mass is 347 g/mol. The molecule has 0 saturated carbocycles. The molecule has 0 saturated heterocycles. The zero-order chi connectivity index (χ0) is 14.9. The summed E-state index contributed by atoms with van der Waals surface area (Å²) in [5.74, 6) is -5.47. The van der Waals surface area contributed by atoms with E-state index in [-0.39, 0.29) is 10.0 Å². The number of hydrogen-bond donors (Lipinski definition) is 1. The number of nitrogens with one attached hydrogen (secondary N) is 1. The molecule has 7 heteroatoms. The van der Waals surface area contributed by atoms with Gasteiger partial charge in [0.2, 0.25) is 0 Å². The first-order valence-electron chi connectivity index (χ1n) is 5.30. The van der Waals surface area contributed by atoms with Crippen LogP contribution in [0.3, 0.4) is 0 Å². The van der Waals surface area contributed by atoms with Crippen LogP contribution in [0.2, 0.25) is 0 Å².